The highest BCUT2D eigenvalue weighted by Gasteiger charge is 2.31. The predicted molar refractivity (Wildman–Crippen MR) is 146 cm³/mol. The van der Waals surface area contributed by atoms with Crippen LogP contribution < -0.4 is 0 Å². The Kier molecular flexibility index (Phi) is 8.68. The number of rotatable bonds is 5. The molecule has 0 spiro atoms. The molecule has 198 valence electrons. The van der Waals surface area contributed by atoms with Crippen molar-refractivity contribution in [2.45, 2.75) is 5.03 Å². The van der Waals surface area contributed by atoms with Gasteiger partial charge in [-0.25, -0.2) is 8.42 Å². The highest BCUT2D eigenvalue weighted by Crippen LogP contribution is 2.25. The number of carboxylic acids is 1. The molecule has 1 fully saturated rings. The minimum atomic E-state index is -3.70. The maximum atomic E-state index is 13.1. The normalized spacial score (nSPS) is 14.1. The van der Waals surface area contributed by atoms with E-state index in [1.807, 2.05) is 30.3 Å². The van der Waals surface area contributed by atoms with Gasteiger partial charge < -0.3 is 15.0 Å². The van der Waals surface area contributed by atoms with Crippen LogP contribution in [0.1, 0.15) is 10.4 Å². The molecular weight excluding hydrogens is 551 g/mol. The number of sulfonamides is 1. The molecule has 5 rings (SSSR count). The summed E-state index contributed by atoms with van der Waals surface area (Å²) in [7, 11) is -3.70. The average molecular weight is 575 g/mol. The molecule has 2 aromatic heterocycles. The van der Waals surface area contributed by atoms with Crippen LogP contribution in [0.3, 0.4) is 0 Å². The van der Waals surface area contributed by atoms with Crippen molar-refractivity contribution in [2.75, 3.05) is 32.1 Å². The fourth-order valence-electron chi connectivity index (χ4n) is 3.99. The van der Waals surface area contributed by atoms with Crippen LogP contribution >= 0.6 is 23.2 Å². The first-order valence-electron chi connectivity index (χ1n) is 11.6. The number of halogens is 2. The lowest BCUT2D eigenvalue weighted by Crippen LogP contribution is -2.50. The molecule has 0 radical (unpaired) electrons. The second-order valence-corrected chi connectivity index (χ2v) is 11.0. The van der Waals surface area contributed by atoms with E-state index in [0.29, 0.717) is 29.2 Å². The van der Waals surface area contributed by atoms with Crippen LogP contribution in [-0.4, -0.2) is 76.6 Å². The number of aromatic amines is 1. The van der Waals surface area contributed by atoms with E-state index < -0.39 is 16.0 Å². The van der Waals surface area contributed by atoms with Crippen molar-refractivity contribution in [1.82, 2.24) is 19.2 Å². The van der Waals surface area contributed by atoms with Crippen LogP contribution in [0.15, 0.2) is 78.0 Å². The lowest BCUT2D eigenvalue weighted by molar-refractivity contribution is -0.134. The van der Waals surface area contributed by atoms with Gasteiger partial charge in [0.25, 0.3) is 15.9 Å². The number of pyridine rings is 1. The molecule has 4 aromatic rings. The average Bonchev–Trinajstić information content (AvgIpc) is 3.38. The summed E-state index contributed by atoms with van der Waals surface area (Å²) in [5.74, 6) is -1.40. The van der Waals surface area contributed by atoms with Gasteiger partial charge in [0.1, 0.15) is 10.9 Å². The fraction of sp³-hybridized carbons (Fsp3) is 0.192. The first-order valence-corrected chi connectivity index (χ1v) is 13.9. The van der Waals surface area contributed by atoms with Gasteiger partial charge in [0, 0.05) is 59.4 Å². The first kappa shape index (κ1) is 27.6. The minimum Gasteiger partial charge on any atom is -0.480 e. The molecule has 0 atom stereocenters. The Hall–Kier alpha value is -3.44. The van der Waals surface area contributed by atoms with Crippen LogP contribution in [0.5, 0.6) is 0 Å². The number of carbonyl (C=O) groups is 2. The van der Waals surface area contributed by atoms with E-state index in [1.54, 1.807) is 47.5 Å². The van der Waals surface area contributed by atoms with Crippen LogP contribution in [0.4, 0.5) is 0 Å². The number of aromatic nitrogens is 2. The third-order valence-electron chi connectivity index (χ3n) is 5.91. The first-order chi connectivity index (χ1) is 18.2. The Morgan fingerprint density at radius 1 is 0.974 bits per heavy atom. The van der Waals surface area contributed by atoms with Crippen molar-refractivity contribution in [2.24, 2.45) is 0 Å². The number of nitrogens with one attached hydrogen (secondary N) is 1. The zero-order chi connectivity index (χ0) is 27.3. The Balaban J connectivity index is 0.000000617. The van der Waals surface area contributed by atoms with Crippen molar-refractivity contribution in [3.05, 3.63) is 83.5 Å². The van der Waals surface area contributed by atoms with E-state index in [1.165, 1.54) is 4.31 Å². The summed E-state index contributed by atoms with van der Waals surface area (Å²) in [5, 5.41) is 9.01. The van der Waals surface area contributed by atoms with Gasteiger partial charge in [0.15, 0.2) is 0 Å². The molecule has 12 heteroatoms. The number of piperazine rings is 1. The minimum absolute atomic E-state index is 0.111. The van der Waals surface area contributed by atoms with E-state index in [4.69, 9.17) is 28.3 Å². The summed E-state index contributed by atoms with van der Waals surface area (Å²) in [4.78, 5) is 31.2. The molecule has 1 aliphatic heterocycles. The summed E-state index contributed by atoms with van der Waals surface area (Å²) >= 11 is 10.7. The van der Waals surface area contributed by atoms with Crippen molar-refractivity contribution in [3.63, 3.8) is 0 Å². The number of benzene rings is 2. The van der Waals surface area contributed by atoms with Crippen molar-refractivity contribution in [3.8, 4) is 11.3 Å². The maximum absolute atomic E-state index is 13.1. The Morgan fingerprint density at radius 3 is 2.26 bits per heavy atom. The van der Waals surface area contributed by atoms with Gasteiger partial charge in [0.2, 0.25) is 0 Å². The third kappa shape index (κ3) is 6.33. The standard InChI is InChI=1S/C24H21ClN4O3S.C2H3ClO2/c25-20-8-9-22-19(15-20)16-23(27-22)33(31,32)29-13-11-28(12-14-29)24(30)18-6-4-17(5-7-18)21-3-1-2-10-26-21;3-1-2(4)5/h1-10,15-16,27H,11-14H2;1H2,(H,4,5). The number of alkyl halides is 1. The van der Waals surface area contributed by atoms with E-state index in [-0.39, 0.29) is 29.9 Å². The molecule has 1 amide bonds. The largest absolute Gasteiger partial charge is 0.480 e. The monoisotopic (exact) mass is 574 g/mol. The molecule has 2 aromatic carbocycles. The number of carbonyl (C=O) groups excluding carboxylic acids is 1. The van der Waals surface area contributed by atoms with Crippen molar-refractivity contribution in [1.29, 1.82) is 0 Å². The highest BCUT2D eigenvalue weighted by atomic mass is 35.5. The number of hydrogen-bond donors (Lipinski definition) is 2. The SMILES string of the molecule is O=C(O)CCl.O=C(c1ccc(-c2ccccn2)cc1)N1CCN(S(=O)(=O)c2cc3cc(Cl)ccc3[nH]2)CC1. The summed E-state index contributed by atoms with van der Waals surface area (Å²) in [6.45, 7) is 1.12. The van der Waals surface area contributed by atoms with Gasteiger partial charge in [-0.3, -0.25) is 14.6 Å². The zero-order valence-corrected chi connectivity index (χ0v) is 22.4. The topological polar surface area (TPSA) is 124 Å². The molecular formula is C26H24Cl2N4O5S. The molecule has 2 N–H and O–H groups in total. The lowest BCUT2D eigenvalue weighted by atomic mass is 10.1. The number of nitrogens with zero attached hydrogens (tertiary/aromatic N) is 3. The lowest BCUT2D eigenvalue weighted by Gasteiger charge is -2.33. The Morgan fingerprint density at radius 2 is 1.66 bits per heavy atom. The fourth-order valence-corrected chi connectivity index (χ4v) is 5.60. The second-order valence-electron chi connectivity index (χ2n) is 8.38. The van der Waals surface area contributed by atoms with Gasteiger partial charge in [0.05, 0.1) is 5.69 Å². The van der Waals surface area contributed by atoms with Gasteiger partial charge in [-0.05, 0) is 48.5 Å². The molecule has 9 nitrogen and oxygen atoms in total. The quantitative estimate of drug-likeness (QED) is 0.342. The maximum Gasteiger partial charge on any atom is 0.318 e. The number of amides is 1. The smallest absolute Gasteiger partial charge is 0.318 e. The van der Waals surface area contributed by atoms with Crippen LogP contribution in [-0.2, 0) is 14.8 Å². The molecule has 0 saturated carbocycles. The molecule has 0 aliphatic carbocycles. The van der Waals surface area contributed by atoms with Crippen molar-refractivity contribution >= 4 is 56.0 Å². The van der Waals surface area contributed by atoms with Crippen LogP contribution in [0, 0.1) is 0 Å². The Labute approximate surface area is 229 Å². The number of H-pyrrole nitrogens is 1. The van der Waals surface area contributed by atoms with E-state index in [2.05, 4.69) is 9.97 Å². The van der Waals surface area contributed by atoms with Crippen LogP contribution in [0.2, 0.25) is 5.02 Å². The molecule has 38 heavy (non-hydrogen) atoms. The summed E-state index contributed by atoms with van der Waals surface area (Å²) in [6, 6.07) is 19.8. The number of fused-ring (bicyclic) bond motifs is 1. The zero-order valence-electron chi connectivity index (χ0n) is 20.0. The molecule has 1 aliphatic rings. The Bertz CT molecular complexity index is 1540. The summed E-state index contributed by atoms with van der Waals surface area (Å²) in [6.07, 6.45) is 1.73. The molecule has 3 heterocycles. The number of aliphatic carboxylic acids is 1. The van der Waals surface area contributed by atoms with Gasteiger partial charge in [-0.15, -0.1) is 11.6 Å². The van der Waals surface area contributed by atoms with E-state index >= 15 is 0 Å². The van der Waals surface area contributed by atoms with Gasteiger partial charge in [-0.1, -0.05) is 29.8 Å². The number of carboxylic acid groups (broad SMARTS) is 1. The molecule has 0 bridgehead atoms. The van der Waals surface area contributed by atoms with Gasteiger partial charge in [-0.2, -0.15) is 4.31 Å². The molecule has 1 saturated heterocycles. The summed E-state index contributed by atoms with van der Waals surface area (Å²) in [5.41, 5.74) is 3.05. The van der Waals surface area contributed by atoms with Crippen LogP contribution in [0.25, 0.3) is 22.2 Å². The predicted octanol–water partition coefficient (Wildman–Crippen LogP) is 4.34. The van der Waals surface area contributed by atoms with Crippen molar-refractivity contribution < 1.29 is 23.1 Å². The highest BCUT2D eigenvalue weighted by molar-refractivity contribution is 7.89. The van der Waals surface area contributed by atoms with E-state index in [0.717, 1.165) is 16.6 Å². The van der Waals surface area contributed by atoms with E-state index in [9.17, 15) is 18.0 Å². The number of hydrogen-bond acceptors (Lipinski definition) is 5. The third-order valence-corrected chi connectivity index (χ3v) is 8.19. The molecule has 0 unspecified atom stereocenters. The second kappa shape index (κ2) is 12.0. The van der Waals surface area contributed by atoms with Gasteiger partial charge >= 0.3 is 5.97 Å². The summed E-state index contributed by atoms with van der Waals surface area (Å²) < 4.78 is 27.6.